The van der Waals surface area contributed by atoms with E-state index in [-0.39, 0.29) is 17.6 Å². The van der Waals surface area contributed by atoms with Crippen LogP contribution in [0.25, 0.3) is 6.08 Å². The summed E-state index contributed by atoms with van der Waals surface area (Å²) in [6.07, 6.45) is 1.87. The van der Waals surface area contributed by atoms with Gasteiger partial charge in [0.2, 0.25) is 0 Å². The number of non-ortho nitro benzene ring substituents is 1. The molecule has 1 amide bonds. The zero-order valence-corrected chi connectivity index (χ0v) is 22.0. The molecule has 4 aromatic carbocycles. The van der Waals surface area contributed by atoms with Crippen LogP contribution in [0.5, 0.6) is 5.75 Å². The highest BCUT2D eigenvalue weighted by atomic mass is 32.2. The Labute approximate surface area is 230 Å². The fourth-order valence-electron chi connectivity index (χ4n) is 4.09. The molecule has 194 valence electrons. The number of benzene rings is 4. The number of carbonyl (C=O) groups is 1. The summed E-state index contributed by atoms with van der Waals surface area (Å²) in [6.45, 7) is 2.30. The van der Waals surface area contributed by atoms with Crippen LogP contribution in [-0.4, -0.2) is 20.9 Å². The number of amidine groups is 1. The highest BCUT2D eigenvalue weighted by Gasteiger charge is 2.37. The van der Waals surface area contributed by atoms with Crippen molar-refractivity contribution >= 4 is 40.3 Å². The Hall–Kier alpha value is -4.69. The Morgan fingerprint density at radius 1 is 0.923 bits per heavy atom. The lowest BCUT2D eigenvalue weighted by molar-refractivity contribution is -0.384. The largest absolute Gasteiger partial charge is 0.489 e. The second-order valence-corrected chi connectivity index (χ2v) is 9.89. The van der Waals surface area contributed by atoms with Gasteiger partial charge in [-0.2, -0.15) is 0 Å². The molecule has 1 heterocycles. The minimum Gasteiger partial charge on any atom is -0.489 e. The Morgan fingerprint density at radius 2 is 1.56 bits per heavy atom. The molecule has 0 spiro atoms. The van der Waals surface area contributed by atoms with Gasteiger partial charge in [-0.25, -0.2) is 4.99 Å². The molecular weight excluding hydrogens is 510 g/mol. The van der Waals surface area contributed by atoms with Gasteiger partial charge in [0, 0.05) is 12.1 Å². The van der Waals surface area contributed by atoms with Gasteiger partial charge in [-0.3, -0.25) is 19.8 Å². The van der Waals surface area contributed by atoms with Gasteiger partial charge in [0.05, 0.1) is 21.6 Å². The predicted octanol–water partition coefficient (Wildman–Crippen LogP) is 7.54. The van der Waals surface area contributed by atoms with Crippen molar-refractivity contribution in [3.05, 3.63) is 141 Å². The highest BCUT2D eigenvalue weighted by Crippen LogP contribution is 2.39. The molecule has 1 aliphatic rings. The quantitative estimate of drug-likeness (QED) is 0.132. The second-order valence-electron chi connectivity index (χ2n) is 8.88. The molecular formula is C31H25N3O4S. The average molecular weight is 536 g/mol. The summed E-state index contributed by atoms with van der Waals surface area (Å²) in [5.74, 6) is 0.566. The SMILES string of the molecule is C[C@@H](c1ccccc1)N1C(=O)/C(=C\c2ccc(OCc3ccc([N+](=O)[O-])cc3)cc2)SC1=Nc1ccccc1. The van der Waals surface area contributed by atoms with Crippen molar-refractivity contribution in [1.29, 1.82) is 0 Å². The number of hydrogen-bond donors (Lipinski definition) is 0. The zero-order chi connectivity index (χ0) is 27.2. The highest BCUT2D eigenvalue weighted by molar-refractivity contribution is 8.18. The summed E-state index contributed by atoms with van der Waals surface area (Å²) < 4.78 is 5.83. The Morgan fingerprint density at radius 3 is 2.21 bits per heavy atom. The van der Waals surface area contributed by atoms with E-state index in [4.69, 9.17) is 9.73 Å². The second kappa shape index (κ2) is 11.8. The van der Waals surface area contributed by atoms with Crippen LogP contribution in [0.3, 0.4) is 0 Å². The predicted molar refractivity (Wildman–Crippen MR) is 155 cm³/mol. The van der Waals surface area contributed by atoms with Gasteiger partial charge in [-0.1, -0.05) is 60.7 Å². The number of hydrogen-bond acceptors (Lipinski definition) is 6. The maximum Gasteiger partial charge on any atom is 0.269 e. The first kappa shape index (κ1) is 25.9. The van der Waals surface area contributed by atoms with E-state index >= 15 is 0 Å². The minimum atomic E-state index is -0.427. The third-order valence-electron chi connectivity index (χ3n) is 6.22. The molecule has 8 heteroatoms. The van der Waals surface area contributed by atoms with Crippen molar-refractivity contribution in [2.45, 2.75) is 19.6 Å². The van der Waals surface area contributed by atoms with Crippen LogP contribution in [0.2, 0.25) is 0 Å². The van der Waals surface area contributed by atoms with Crippen molar-refractivity contribution in [3.63, 3.8) is 0 Å². The lowest BCUT2D eigenvalue weighted by Crippen LogP contribution is -2.32. The number of amides is 1. The smallest absolute Gasteiger partial charge is 0.269 e. The van der Waals surface area contributed by atoms with Gasteiger partial charge in [-0.05, 0) is 77.9 Å². The summed E-state index contributed by atoms with van der Waals surface area (Å²) in [4.78, 5) is 31.1. The number of rotatable bonds is 8. The first-order valence-corrected chi connectivity index (χ1v) is 13.2. The standard InChI is InChI=1S/C31H25N3O4S/c1-22(25-8-4-2-5-9-25)33-30(35)29(39-31(33)32-26-10-6-3-7-11-26)20-23-14-18-28(19-15-23)38-21-24-12-16-27(17-13-24)34(36)37/h2-20,22H,21H2,1H3/b29-20+,32-31?/t22-/m0/s1. The van der Waals surface area contributed by atoms with Crippen molar-refractivity contribution < 1.29 is 14.5 Å². The lowest BCUT2D eigenvalue weighted by Gasteiger charge is -2.24. The number of nitrogens with zero attached hydrogens (tertiary/aromatic N) is 3. The molecule has 0 N–H and O–H groups in total. The van der Waals surface area contributed by atoms with E-state index in [0.717, 1.165) is 22.4 Å². The molecule has 39 heavy (non-hydrogen) atoms. The number of thioether (sulfide) groups is 1. The molecule has 0 aromatic heterocycles. The third kappa shape index (κ3) is 6.25. The number of nitro groups is 1. The average Bonchev–Trinajstić information content (AvgIpc) is 3.27. The van der Waals surface area contributed by atoms with Crippen molar-refractivity contribution in [2.75, 3.05) is 0 Å². The number of carbonyl (C=O) groups excluding carboxylic acids is 1. The number of para-hydroxylation sites is 1. The monoisotopic (exact) mass is 535 g/mol. The van der Waals surface area contributed by atoms with Crippen molar-refractivity contribution in [3.8, 4) is 5.75 Å². The summed E-state index contributed by atoms with van der Waals surface area (Å²) >= 11 is 1.36. The minimum absolute atomic E-state index is 0.0455. The summed E-state index contributed by atoms with van der Waals surface area (Å²) in [5.41, 5.74) is 3.56. The van der Waals surface area contributed by atoms with E-state index < -0.39 is 4.92 Å². The molecule has 1 fully saturated rings. The van der Waals surface area contributed by atoms with E-state index in [1.54, 1.807) is 17.0 Å². The van der Waals surface area contributed by atoms with Crippen molar-refractivity contribution in [2.24, 2.45) is 4.99 Å². The van der Waals surface area contributed by atoms with Crippen LogP contribution in [0.15, 0.2) is 119 Å². The molecule has 0 aliphatic carbocycles. The maximum absolute atomic E-state index is 13.6. The number of ether oxygens (including phenoxy) is 1. The summed E-state index contributed by atoms with van der Waals surface area (Å²) in [5, 5.41) is 11.5. The summed E-state index contributed by atoms with van der Waals surface area (Å²) in [6, 6.07) is 33.1. The van der Waals surface area contributed by atoms with Gasteiger partial charge in [0.1, 0.15) is 12.4 Å². The van der Waals surface area contributed by atoms with Gasteiger partial charge in [0.25, 0.3) is 11.6 Å². The Bertz CT molecular complexity index is 1520. The maximum atomic E-state index is 13.6. The van der Waals surface area contributed by atoms with E-state index in [1.807, 2.05) is 97.9 Å². The molecule has 1 saturated heterocycles. The van der Waals surface area contributed by atoms with E-state index in [0.29, 0.717) is 22.4 Å². The molecule has 0 bridgehead atoms. The van der Waals surface area contributed by atoms with Crippen molar-refractivity contribution in [1.82, 2.24) is 4.90 Å². The molecule has 0 unspecified atom stereocenters. The van der Waals surface area contributed by atoms with Crippen LogP contribution in [-0.2, 0) is 11.4 Å². The Balaban J connectivity index is 1.34. The van der Waals surface area contributed by atoms with Gasteiger partial charge in [0.15, 0.2) is 5.17 Å². The van der Waals surface area contributed by atoms with Gasteiger partial charge < -0.3 is 4.74 Å². The van der Waals surface area contributed by atoms with Crippen LogP contribution >= 0.6 is 11.8 Å². The summed E-state index contributed by atoms with van der Waals surface area (Å²) in [7, 11) is 0. The normalized spacial score (nSPS) is 16.0. The van der Waals surface area contributed by atoms with Gasteiger partial charge >= 0.3 is 0 Å². The molecule has 0 saturated carbocycles. The molecule has 4 aromatic rings. The molecule has 1 atom stereocenters. The first-order valence-electron chi connectivity index (χ1n) is 12.4. The van der Waals surface area contributed by atoms with Crippen LogP contribution in [0.1, 0.15) is 29.7 Å². The fraction of sp³-hybridized carbons (Fsp3) is 0.0968. The number of nitro benzene ring substituents is 1. The zero-order valence-electron chi connectivity index (χ0n) is 21.1. The molecule has 0 radical (unpaired) electrons. The number of aliphatic imine (C=N–C) groups is 1. The Kier molecular flexibility index (Phi) is 7.84. The van der Waals surface area contributed by atoms with E-state index in [1.165, 1.54) is 23.9 Å². The molecule has 7 nitrogen and oxygen atoms in total. The fourth-order valence-corrected chi connectivity index (χ4v) is 5.16. The van der Waals surface area contributed by atoms with E-state index in [2.05, 4.69) is 0 Å². The molecule has 5 rings (SSSR count). The molecule has 1 aliphatic heterocycles. The van der Waals surface area contributed by atoms with E-state index in [9.17, 15) is 14.9 Å². The topological polar surface area (TPSA) is 85.0 Å². The van der Waals surface area contributed by atoms with Gasteiger partial charge in [-0.15, -0.1) is 0 Å². The van der Waals surface area contributed by atoms with Crippen LogP contribution < -0.4 is 4.74 Å². The third-order valence-corrected chi connectivity index (χ3v) is 7.20. The lowest BCUT2D eigenvalue weighted by atomic mass is 10.1. The van der Waals surface area contributed by atoms with Crippen LogP contribution in [0, 0.1) is 10.1 Å². The van der Waals surface area contributed by atoms with Crippen LogP contribution in [0.4, 0.5) is 11.4 Å². The first-order chi connectivity index (χ1) is 19.0.